The number of nitrogens with zero attached hydrogens (tertiary/aromatic N) is 3. The molecule has 0 fully saturated rings. The number of furan rings is 1. The van der Waals surface area contributed by atoms with Crippen LogP contribution in [0.4, 0.5) is 16.0 Å². The molecule has 0 aliphatic rings. The standard InChI is InChI=1S/C8H4N4O6S/c13-7(4-1-2-5(18-4)11(14)15)10-8-9-3-6(19-8)12(16)17/h1-3H,(H,9,10,13). The molecule has 2 aromatic rings. The molecule has 0 aromatic carbocycles. The van der Waals surface area contributed by atoms with Gasteiger partial charge in [0.05, 0.1) is 11.0 Å². The van der Waals surface area contributed by atoms with Gasteiger partial charge in [0.2, 0.25) is 0 Å². The van der Waals surface area contributed by atoms with Gasteiger partial charge < -0.3 is 4.42 Å². The lowest BCUT2D eigenvalue weighted by atomic mass is 10.4. The van der Waals surface area contributed by atoms with Crippen molar-refractivity contribution in [1.82, 2.24) is 4.98 Å². The third-order valence-electron chi connectivity index (χ3n) is 1.89. The van der Waals surface area contributed by atoms with Crippen LogP contribution < -0.4 is 5.32 Å². The van der Waals surface area contributed by atoms with Crippen LogP contribution in [0.15, 0.2) is 22.7 Å². The van der Waals surface area contributed by atoms with Crippen LogP contribution in [0.1, 0.15) is 10.6 Å². The molecule has 0 bridgehead atoms. The summed E-state index contributed by atoms with van der Waals surface area (Å²) in [6.45, 7) is 0. The second-order valence-electron chi connectivity index (χ2n) is 3.11. The largest absolute Gasteiger partial charge is 0.433 e. The zero-order valence-corrected chi connectivity index (χ0v) is 9.75. The van der Waals surface area contributed by atoms with Crippen LogP contribution in [0, 0.1) is 20.2 Å². The average Bonchev–Trinajstić information content (AvgIpc) is 2.96. The minimum absolute atomic E-state index is 0.00393. The molecule has 0 radical (unpaired) electrons. The van der Waals surface area contributed by atoms with Gasteiger partial charge in [0, 0.05) is 0 Å². The maximum Gasteiger partial charge on any atom is 0.433 e. The fraction of sp³-hybridized carbons (Fsp3) is 0. The molecule has 0 spiro atoms. The number of thiazole rings is 1. The predicted octanol–water partition coefficient (Wildman–Crippen LogP) is 1.80. The summed E-state index contributed by atoms with van der Waals surface area (Å²) in [4.78, 5) is 34.6. The molecule has 19 heavy (non-hydrogen) atoms. The lowest BCUT2D eigenvalue weighted by Crippen LogP contribution is -2.10. The van der Waals surface area contributed by atoms with E-state index in [1.807, 2.05) is 0 Å². The van der Waals surface area contributed by atoms with E-state index in [-0.39, 0.29) is 15.9 Å². The number of amides is 1. The first-order valence-corrected chi connectivity index (χ1v) is 5.45. The maximum atomic E-state index is 11.6. The number of rotatable bonds is 4. The van der Waals surface area contributed by atoms with Gasteiger partial charge in [-0.1, -0.05) is 0 Å². The first-order chi connectivity index (χ1) is 8.97. The van der Waals surface area contributed by atoms with Gasteiger partial charge in [0.1, 0.15) is 11.1 Å². The summed E-state index contributed by atoms with van der Waals surface area (Å²) in [7, 11) is 0. The summed E-state index contributed by atoms with van der Waals surface area (Å²) in [5, 5.41) is 22.8. The van der Waals surface area contributed by atoms with E-state index in [0.29, 0.717) is 11.3 Å². The number of hydrogen-bond acceptors (Lipinski definition) is 8. The molecule has 10 nitrogen and oxygen atoms in total. The van der Waals surface area contributed by atoms with Crippen LogP contribution in [0.5, 0.6) is 0 Å². The molecular weight excluding hydrogens is 280 g/mol. The molecule has 98 valence electrons. The first-order valence-electron chi connectivity index (χ1n) is 4.63. The van der Waals surface area contributed by atoms with Gasteiger partial charge in [0.25, 0.3) is 5.91 Å². The van der Waals surface area contributed by atoms with Gasteiger partial charge in [-0.3, -0.25) is 30.3 Å². The fourth-order valence-electron chi connectivity index (χ4n) is 1.11. The molecule has 0 unspecified atom stereocenters. The van der Waals surface area contributed by atoms with E-state index in [4.69, 9.17) is 0 Å². The van der Waals surface area contributed by atoms with Crippen molar-refractivity contribution in [3.8, 4) is 0 Å². The highest BCUT2D eigenvalue weighted by atomic mass is 32.1. The quantitative estimate of drug-likeness (QED) is 0.666. The van der Waals surface area contributed by atoms with Crippen molar-refractivity contribution >= 4 is 33.3 Å². The lowest BCUT2D eigenvalue weighted by molar-refractivity contribution is -0.402. The number of hydrogen-bond donors (Lipinski definition) is 1. The molecule has 2 heterocycles. The monoisotopic (exact) mass is 284 g/mol. The molecular formula is C8H4N4O6S. The lowest BCUT2D eigenvalue weighted by Gasteiger charge is -1.95. The van der Waals surface area contributed by atoms with Crippen LogP contribution in [0.25, 0.3) is 0 Å². The summed E-state index contributed by atoms with van der Waals surface area (Å²) >= 11 is 0.659. The minimum Gasteiger partial charge on any atom is -0.395 e. The van der Waals surface area contributed by atoms with Crippen LogP contribution in [-0.4, -0.2) is 20.7 Å². The molecule has 2 rings (SSSR count). The van der Waals surface area contributed by atoms with Gasteiger partial charge in [-0.2, -0.15) is 0 Å². The summed E-state index contributed by atoms with van der Waals surface area (Å²) in [6.07, 6.45) is 0.991. The summed E-state index contributed by atoms with van der Waals surface area (Å²) in [6, 6.07) is 2.15. The third kappa shape index (κ3) is 2.71. The van der Waals surface area contributed by atoms with Crippen molar-refractivity contribution in [2.45, 2.75) is 0 Å². The summed E-state index contributed by atoms with van der Waals surface area (Å²) in [5.41, 5.74) is 0. The number of nitrogens with one attached hydrogen (secondary N) is 1. The molecule has 0 saturated carbocycles. The fourth-order valence-corrected chi connectivity index (χ4v) is 1.74. The number of nitro groups is 2. The Kier molecular flexibility index (Phi) is 3.20. The zero-order chi connectivity index (χ0) is 14.0. The van der Waals surface area contributed by atoms with Gasteiger partial charge in [-0.25, -0.2) is 4.98 Å². The van der Waals surface area contributed by atoms with Crippen LogP contribution in [-0.2, 0) is 0 Å². The summed E-state index contributed by atoms with van der Waals surface area (Å²) in [5.74, 6) is -1.64. The zero-order valence-electron chi connectivity index (χ0n) is 8.93. The Labute approximate surface area is 108 Å². The molecule has 1 N–H and O–H groups in total. The molecule has 2 aromatic heterocycles. The van der Waals surface area contributed by atoms with Crippen LogP contribution in [0.2, 0.25) is 0 Å². The van der Waals surface area contributed by atoms with Crippen molar-refractivity contribution in [3.63, 3.8) is 0 Å². The van der Waals surface area contributed by atoms with Crippen molar-refractivity contribution in [2.75, 3.05) is 5.32 Å². The van der Waals surface area contributed by atoms with Gasteiger partial charge in [-0.05, 0) is 17.4 Å². The normalized spacial score (nSPS) is 10.1. The number of carbonyl (C=O) groups is 1. The highest BCUT2D eigenvalue weighted by molar-refractivity contribution is 7.18. The van der Waals surface area contributed by atoms with E-state index in [9.17, 15) is 25.0 Å². The summed E-state index contributed by atoms with van der Waals surface area (Å²) < 4.78 is 4.67. The first kappa shape index (κ1) is 12.6. The SMILES string of the molecule is O=C(Nc1ncc([N+](=O)[O-])s1)c1ccc([N+](=O)[O-])o1. The number of anilines is 1. The minimum atomic E-state index is -0.787. The van der Waals surface area contributed by atoms with Crippen LogP contribution in [0.3, 0.4) is 0 Å². The van der Waals surface area contributed by atoms with E-state index in [1.54, 1.807) is 0 Å². The van der Waals surface area contributed by atoms with Gasteiger partial charge in [0.15, 0.2) is 10.9 Å². The maximum absolute atomic E-state index is 11.6. The number of aromatic nitrogens is 1. The Morgan fingerprint density at radius 1 is 1.32 bits per heavy atom. The Morgan fingerprint density at radius 3 is 2.58 bits per heavy atom. The van der Waals surface area contributed by atoms with Crippen molar-refractivity contribution < 1.29 is 19.1 Å². The molecule has 0 aliphatic heterocycles. The second kappa shape index (κ2) is 4.81. The smallest absolute Gasteiger partial charge is 0.395 e. The Bertz CT molecular complexity index is 662. The molecule has 0 aliphatic carbocycles. The molecule has 0 saturated heterocycles. The van der Waals surface area contributed by atoms with Crippen molar-refractivity contribution in [3.05, 3.63) is 44.3 Å². The number of carbonyl (C=O) groups excluding carboxylic acids is 1. The molecule has 0 atom stereocenters. The van der Waals surface area contributed by atoms with Gasteiger partial charge >= 0.3 is 10.9 Å². The molecule has 11 heteroatoms. The Balaban J connectivity index is 2.11. The predicted molar refractivity (Wildman–Crippen MR) is 62.1 cm³/mol. The highest BCUT2D eigenvalue weighted by Gasteiger charge is 2.19. The van der Waals surface area contributed by atoms with Crippen molar-refractivity contribution in [1.29, 1.82) is 0 Å². The van der Waals surface area contributed by atoms with E-state index in [0.717, 1.165) is 18.3 Å². The topological polar surface area (TPSA) is 141 Å². The van der Waals surface area contributed by atoms with E-state index < -0.39 is 21.6 Å². The van der Waals surface area contributed by atoms with Gasteiger partial charge in [-0.15, -0.1) is 0 Å². The Morgan fingerprint density at radius 2 is 2.05 bits per heavy atom. The van der Waals surface area contributed by atoms with E-state index >= 15 is 0 Å². The average molecular weight is 284 g/mol. The highest BCUT2D eigenvalue weighted by Crippen LogP contribution is 2.25. The third-order valence-corrected chi connectivity index (χ3v) is 2.75. The second-order valence-corrected chi connectivity index (χ2v) is 4.12. The van der Waals surface area contributed by atoms with Crippen LogP contribution >= 0.6 is 11.3 Å². The van der Waals surface area contributed by atoms with E-state index in [1.165, 1.54) is 0 Å². The van der Waals surface area contributed by atoms with E-state index in [2.05, 4.69) is 14.7 Å². The Hall–Kier alpha value is -2.82. The molecule has 1 amide bonds. The van der Waals surface area contributed by atoms with Crippen molar-refractivity contribution in [2.24, 2.45) is 0 Å².